The lowest BCUT2D eigenvalue weighted by Crippen LogP contribution is -2.45. The number of nitrogen functional groups attached to an aromatic ring is 1. The highest BCUT2D eigenvalue weighted by atomic mass is 31.2. The molecular formula is C29H30N7O9P. The second-order valence-corrected chi connectivity index (χ2v) is 12.0. The molecule has 5 rings (SSSR count). The Morgan fingerprint density at radius 1 is 1.17 bits per heavy atom. The first-order valence-electron chi connectivity index (χ1n) is 13.9. The summed E-state index contributed by atoms with van der Waals surface area (Å²) in [7, 11) is -4.63. The first kappa shape index (κ1) is 32.6. The van der Waals surface area contributed by atoms with Gasteiger partial charge in [-0.3, -0.25) is 13.9 Å². The third-order valence-corrected chi connectivity index (χ3v) is 8.69. The molecule has 3 aromatic carbocycles. The zero-order valence-electron chi connectivity index (χ0n) is 24.3. The van der Waals surface area contributed by atoms with Crippen molar-refractivity contribution in [1.82, 2.24) is 14.6 Å². The van der Waals surface area contributed by atoms with Crippen molar-refractivity contribution in [3.8, 4) is 5.75 Å². The van der Waals surface area contributed by atoms with E-state index in [9.17, 15) is 29.9 Å². The predicted octanol–water partition coefficient (Wildman–Crippen LogP) is 3.16. The molecule has 1 aliphatic rings. The molecule has 6 atom stereocenters. The number of nitrogens with zero attached hydrogens (tertiary/aromatic N) is 5. The molecule has 0 spiro atoms. The Morgan fingerprint density at radius 3 is 2.63 bits per heavy atom. The summed E-state index contributed by atoms with van der Waals surface area (Å²) in [6.07, 6.45) is -4.27. The summed E-state index contributed by atoms with van der Waals surface area (Å²) >= 11 is 0. The highest BCUT2D eigenvalue weighted by Gasteiger charge is 2.56. The second kappa shape index (κ2) is 13.7. The molecule has 1 saturated heterocycles. The Kier molecular flexibility index (Phi) is 9.70. The first-order chi connectivity index (χ1) is 22.0. The fraction of sp³-hybridized carbons (Fsp3) is 0.276. The highest BCUT2D eigenvalue weighted by Crippen LogP contribution is 2.49. The van der Waals surface area contributed by atoms with Crippen molar-refractivity contribution < 1.29 is 38.1 Å². The molecule has 0 bridgehead atoms. The minimum Gasteiger partial charge on any atom is -0.460 e. The van der Waals surface area contributed by atoms with Crippen LogP contribution in [0.4, 0.5) is 5.82 Å². The topological polar surface area (TPSA) is 233 Å². The smallest absolute Gasteiger partial charge is 0.459 e. The molecule has 4 aromatic rings. The van der Waals surface area contributed by atoms with E-state index in [1.165, 1.54) is 19.1 Å². The molecule has 1 aliphatic heterocycles. The van der Waals surface area contributed by atoms with E-state index >= 15 is 0 Å². The van der Waals surface area contributed by atoms with Crippen LogP contribution in [-0.2, 0) is 30.0 Å². The number of carbonyl (C=O) groups is 1. The van der Waals surface area contributed by atoms with Crippen LogP contribution in [0.25, 0.3) is 21.2 Å². The van der Waals surface area contributed by atoms with E-state index in [1.54, 1.807) is 60.7 Å². The molecule has 17 heteroatoms. The number of fused-ring (bicyclic) bond motifs is 1. The molecular weight excluding hydrogens is 621 g/mol. The van der Waals surface area contributed by atoms with Gasteiger partial charge in [0.25, 0.3) is 0 Å². The molecule has 1 fully saturated rings. The number of anilines is 1. The standard InChI is InChI=1S/C29H30N7O9P/c1-18(27(39)42-16-19-8-3-2-4-9-19)33-46(41,45-22-13-7-11-20-10-5-6-12-21(20)22)43-17-29(34-35-31)25(38)24(37)26(44-29)36-15-14-23(30)32-28(36)40/h2-15,18,24-26,37-38H,16-17H2,1H3,(H,33,41)(H2,30,32,40)/t18-,24+,25-,26+,29?,46?/m0/s1. The number of aromatic nitrogens is 2. The number of rotatable bonds is 12. The van der Waals surface area contributed by atoms with Crippen LogP contribution in [0.2, 0.25) is 0 Å². The lowest BCUT2D eigenvalue weighted by Gasteiger charge is -2.29. The molecule has 16 nitrogen and oxygen atoms in total. The van der Waals surface area contributed by atoms with E-state index in [-0.39, 0.29) is 18.2 Å². The van der Waals surface area contributed by atoms with Crippen molar-refractivity contribution in [1.29, 1.82) is 0 Å². The number of benzene rings is 3. The Labute approximate surface area is 261 Å². The van der Waals surface area contributed by atoms with Gasteiger partial charge < -0.3 is 29.9 Å². The van der Waals surface area contributed by atoms with Crippen molar-refractivity contribution >= 4 is 30.3 Å². The molecule has 1 aromatic heterocycles. The van der Waals surface area contributed by atoms with Crippen molar-refractivity contribution in [2.45, 2.75) is 43.7 Å². The zero-order chi connectivity index (χ0) is 32.9. The van der Waals surface area contributed by atoms with Gasteiger partial charge in [0.1, 0.15) is 36.4 Å². The maximum atomic E-state index is 14.4. The lowest BCUT2D eigenvalue weighted by molar-refractivity contribution is -0.146. The third kappa shape index (κ3) is 7.03. The minimum atomic E-state index is -4.63. The van der Waals surface area contributed by atoms with Gasteiger partial charge in [0.2, 0.25) is 5.72 Å². The fourth-order valence-corrected chi connectivity index (χ4v) is 6.27. The van der Waals surface area contributed by atoms with Crippen molar-refractivity contribution in [2.24, 2.45) is 5.11 Å². The van der Waals surface area contributed by atoms with Gasteiger partial charge in [-0.25, -0.2) is 9.36 Å². The number of carbonyl (C=O) groups excluding carboxylic acids is 1. The SMILES string of the molecule is C[C@H](NP(=O)(OCC1(N=[N+]=[N-])O[C@@H](n2ccc(N)nc2=O)[C@H](O)[C@@H]1O)Oc1cccc2ccccc12)C(=O)OCc1ccccc1. The van der Waals surface area contributed by atoms with Crippen LogP contribution in [0.15, 0.2) is 95.0 Å². The number of ether oxygens (including phenoxy) is 2. The summed E-state index contributed by atoms with van der Waals surface area (Å²) in [5, 5.41) is 29.1. The molecule has 0 amide bonds. The van der Waals surface area contributed by atoms with E-state index in [1.807, 2.05) is 6.07 Å². The fourth-order valence-electron chi connectivity index (χ4n) is 4.73. The molecule has 0 saturated carbocycles. The zero-order valence-corrected chi connectivity index (χ0v) is 25.2. The van der Waals surface area contributed by atoms with E-state index < -0.39 is 56.2 Å². The maximum absolute atomic E-state index is 14.4. The van der Waals surface area contributed by atoms with Crippen molar-refractivity contribution in [3.05, 3.63) is 112 Å². The van der Waals surface area contributed by atoms with Crippen LogP contribution >= 0.6 is 7.75 Å². The molecule has 2 heterocycles. The average molecular weight is 652 g/mol. The molecule has 46 heavy (non-hydrogen) atoms. The summed E-state index contributed by atoms with van der Waals surface area (Å²) in [5.41, 5.74) is 12.3. The Balaban J connectivity index is 1.43. The molecule has 2 unspecified atom stereocenters. The van der Waals surface area contributed by atoms with Gasteiger partial charge >= 0.3 is 19.4 Å². The number of hydrogen-bond donors (Lipinski definition) is 4. The molecule has 240 valence electrons. The summed E-state index contributed by atoms with van der Waals surface area (Å²) in [6, 6.07) is 21.0. The highest BCUT2D eigenvalue weighted by molar-refractivity contribution is 7.52. The number of aliphatic hydroxyl groups is 2. The van der Waals surface area contributed by atoms with Gasteiger partial charge in [-0.1, -0.05) is 71.8 Å². The van der Waals surface area contributed by atoms with Crippen LogP contribution in [-0.4, -0.2) is 56.3 Å². The Hall–Kier alpha value is -4.79. The molecule has 0 radical (unpaired) electrons. The van der Waals surface area contributed by atoms with Crippen LogP contribution in [0, 0.1) is 0 Å². The number of nitrogens with one attached hydrogen (secondary N) is 1. The van der Waals surface area contributed by atoms with E-state index in [0.29, 0.717) is 5.39 Å². The summed E-state index contributed by atoms with van der Waals surface area (Å²) in [5.74, 6) is -0.781. The summed E-state index contributed by atoms with van der Waals surface area (Å²) in [4.78, 5) is 31.6. The Bertz CT molecular complexity index is 1870. The predicted molar refractivity (Wildman–Crippen MR) is 164 cm³/mol. The number of esters is 1. The van der Waals surface area contributed by atoms with Gasteiger partial charge in [-0.05, 0) is 35.5 Å². The van der Waals surface area contributed by atoms with Gasteiger partial charge in [-0.15, -0.1) is 0 Å². The molecule has 0 aliphatic carbocycles. The number of nitrogens with two attached hydrogens (primary N) is 1. The maximum Gasteiger partial charge on any atom is 0.459 e. The lowest BCUT2D eigenvalue weighted by atomic mass is 10.1. The largest absolute Gasteiger partial charge is 0.460 e. The van der Waals surface area contributed by atoms with E-state index in [2.05, 4.69) is 20.1 Å². The van der Waals surface area contributed by atoms with Crippen LogP contribution in [0.5, 0.6) is 5.75 Å². The van der Waals surface area contributed by atoms with E-state index in [4.69, 9.17) is 24.3 Å². The van der Waals surface area contributed by atoms with Crippen LogP contribution in [0.3, 0.4) is 0 Å². The second-order valence-electron chi connectivity index (χ2n) is 10.3. The van der Waals surface area contributed by atoms with E-state index in [0.717, 1.165) is 21.7 Å². The number of hydrogen-bond acceptors (Lipinski definition) is 12. The average Bonchev–Trinajstić information content (AvgIpc) is 3.29. The number of aliphatic hydroxyl groups excluding tert-OH is 2. The monoisotopic (exact) mass is 651 g/mol. The van der Waals surface area contributed by atoms with Crippen molar-refractivity contribution in [3.63, 3.8) is 0 Å². The normalized spacial score (nSPS) is 22.8. The van der Waals surface area contributed by atoms with Gasteiger partial charge in [-0.2, -0.15) is 10.1 Å². The van der Waals surface area contributed by atoms with Crippen molar-refractivity contribution in [2.75, 3.05) is 12.3 Å². The molecule has 5 N–H and O–H groups in total. The van der Waals surface area contributed by atoms with Crippen LogP contribution < -0.4 is 21.0 Å². The quantitative estimate of drug-likeness (QED) is 0.0569. The number of azide groups is 1. The summed E-state index contributed by atoms with van der Waals surface area (Å²) in [6.45, 7) is 0.351. The van der Waals surface area contributed by atoms with Gasteiger partial charge in [0.05, 0.1) is 6.61 Å². The first-order valence-corrected chi connectivity index (χ1v) is 15.4. The van der Waals surface area contributed by atoms with Gasteiger partial charge in [0, 0.05) is 16.5 Å². The van der Waals surface area contributed by atoms with Crippen LogP contribution in [0.1, 0.15) is 18.7 Å². The van der Waals surface area contributed by atoms with Gasteiger partial charge in [0.15, 0.2) is 6.23 Å². The Morgan fingerprint density at radius 2 is 1.89 bits per heavy atom. The third-order valence-electron chi connectivity index (χ3n) is 7.08. The minimum absolute atomic E-state index is 0.0559. The summed E-state index contributed by atoms with van der Waals surface area (Å²) < 4.78 is 37.9.